The number of oxime groups is 1. The van der Waals surface area contributed by atoms with Crippen LogP contribution >= 0.6 is 0 Å². The molecule has 6 heteroatoms. The highest BCUT2D eigenvalue weighted by Crippen LogP contribution is 2.15. The van der Waals surface area contributed by atoms with Gasteiger partial charge in [-0.25, -0.2) is 0 Å². The van der Waals surface area contributed by atoms with Crippen molar-refractivity contribution in [1.82, 2.24) is 0 Å². The van der Waals surface area contributed by atoms with Gasteiger partial charge in [0, 0.05) is 31.8 Å². The minimum Gasteiger partial charge on any atom is -0.409 e. The smallest absolute Gasteiger partial charge is 0.226 e. The highest BCUT2D eigenvalue weighted by molar-refractivity contribution is 5.98. The normalized spacial score (nSPS) is 13.1. The molecule has 0 spiro atoms. The molecule has 0 saturated heterocycles. The molecule has 1 unspecified atom stereocenters. The van der Waals surface area contributed by atoms with E-state index in [4.69, 9.17) is 15.7 Å². The van der Waals surface area contributed by atoms with E-state index in [0.717, 1.165) is 5.69 Å². The van der Waals surface area contributed by atoms with Crippen LogP contribution in [0.2, 0.25) is 0 Å². The van der Waals surface area contributed by atoms with Gasteiger partial charge in [0.05, 0.1) is 6.10 Å². The van der Waals surface area contributed by atoms with Gasteiger partial charge in [0.25, 0.3) is 0 Å². The molecule has 6 nitrogen and oxygen atoms in total. The lowest BCUT2D eigenvalue weighted by Crippen LogP contribution is -2.27. The third-order valence-electron chi connectivity index (χ3n) is 3.20. The fourth-order valence-electron chi connectivity index (χ4n) is 1.67. The van der Waals surface area contributed by atoms with E-state index < -0.39 is 0 Å². The number of nitrogens with two attached hydrogens (primary N) is 1. The summed E-state index contributed by atoms with van der Waals surface area (Å²) in [5.74, 6) is 0.0601. The molecule has 0 aliphatic heterocycles. The summed E-state index contributed by atoms with van der Waals surface area (Å²) in [4.78, 5) is 13.6. The predicted octanol–water partition coefficient (Wildman–Crippen LogP) is 1.56. The molecule has 0 bridgehead atoms. The van der Waals surface area contributed by atoms with Gasteiger partial charge in [-0.3, -0.25) is 4.79 Å². The zero-order valence-electron chi connectivity index (χ0n) is 12.0. The second-order valence-electron chi connectivity index (χ2n) is 4.57. The number of rotatable bonds is 6. The fraction of sp³-hybridized carbons (Fsp3) is 0.429. The molecular weight excluding hydrogens is 258 g/mol. The Hall–Kier alpha value is -2.08. The molecule has 1 atom stereocenters. The Balaban J connectivity index is 2.67. The van der Waals surface area contributed by atoms with E-state index in [9.17, 15) is 4.79 Å². The Morgan fingerprint density at radius 1 is 1.45 bits per heavy atom. The summed E-state index contributed by atoms with van der Waals surface area (Å²) in [6, 6.07) is 6.91. The molecule has 3 N–H and O–H groups in total. The molecule has 1 amide bonds. The first-order valence-corrected chi connectivity index (χ1v) is 6.37. The fourth-order valence-corrected chi connectivity index (χ4v) is 1.67. The van der Waals surface area contributed by atoms with Crippen LogP contribution in [-0.4, -0.2) is 37.2 Å². The van der Waals surface area contributed by atoms with Crippen molar-refractivity contribution in [1.29, 1.82) is 0 Å². The third kappa shape index (κ3) is 4.24. The SMILES string of the molecule is COC(C)CCC(=O)N(C)c1ccc(/C(N)=N/O)cc1. The lowest BCUT2D eigenvalue weighted by Gasteiger charge is -2.18. The molecular formula is C14H21N3O3. The van der Waals surface area contributed by atoms with Crippen LogP contribution in [0.3, 0.4) is 0 Å². The van der Waals surface area contributed by atoms with E-state index >= 15 is 0 Å². The Kier molecular flexibility index (Phi) is 5.99. The maximum atomic E-state index is 12.0. The summed E-state index contributed by atoms with van der Waals surface area (Å²) in [6.07, 6.45) is 1.17. The molecule has 1 aromatic rings. The van der Waals surface area contributed by atoms with Crippen LogP contribution in [0.1, 0.15) is 25.3 Å². The highest BCUT2D eigenvalue weighted by Gasteiger charge is 2.12. The minimum atomic E-state index is 0.0189. The van der Waals surface area contributed by atoms with E-state index in [-0.39, 0.29) is 17.8 Å². The van der Waals surface area contributed by atoms with Crippen LogP contribution in [0.5, 0.6) is 0 Å². The number of nitrogens with zero attached hydrogens (tertiary/aromatic N) is 2. The van der Waals surface area contributed by atoms with Crippen LogP contribution in [0.25, 0.3) is 0 Å². The molecule has 0 fully saturated rings. The van der Waals surface area contributed by atoms with Crippen molar-refractivity contribution in [2.75, 3.05) is 19.1 Å². The number of carbonyl (C=O) groups is 1. The van der Waals surface area contributed by atoms with Gasteiger partial charge in [0.15, 0.2) is 5.84 Å². The van der Waals surface area contributed by atoms with E-state index in [1.807, 2.05) is 6.92 Å². The molecule has 0 aliphatic rings. The third-order valence-corrected chi connectivity index (χ3v) is 3.20. The van der Waals surface area contributed by atoms with Crippen molar-refractivity contribution < 1.29 is 14.7 Å². The number of ether oxygens (including phenoxy) is 1. The molecule has 1 rings (SSSR count). The van der Waals surface area contributed by atoms with Crippen molar-refractivity contribution >= 4 is 17.4 Å². The molecule has 110 valence electrons. The first kappa shape index (κ1) is 16.0. The van der Waals surface area contributed by atoms with Crippen LogP contribution in [0.4, 0.5) is 5.69 Å². The topological polar surface area (TPSA) is 88.2 Å². The Morgan fingerprint density at radius 3 is 2.55 bits per heavy atom. The second kappa shape index (κ2) is 7.49. The average molecular weight is 279 g/mol. The Bertz CT molecular complexity index is 471. The van der Waals surface area contributed by atoms with Crippen molar-refractivity contribution in [3.63, 3.8) is 0 Å². The summed E-state index contributed by atoms with van der Waals surface area (Å²) >= 11 is 0. The number of hydrogen-bond acceptors (Lipinski definition) is 4. The molecule has 0 heterocycles. The first-order chi connectivity index (χ1) is 9.49. The molecule has 20 heavy (non-hydrogen) atoms. The van der Waals surface area contributed by atoms with Crippen molar-refractivity contribution in [2.45, 2.75) is 25.9 Å². The maximum Gasteiger partial charge on any atom is 0.226 e. The molecule has 1 aromatic carbocycles. The van der Waals surface area contributed by atoms with E-state index in [0.29, 0.717) is 18.4 Å². The van der Waals surface area contributed by atoms with Gasteiger partial charge in [-0.1, -0.05) is 5.16 Å². The van der Waals surface area contributed by atoms with Crippen molar-refractivity contribution in [3.8, 4) is 0 Å². The highest BCUT2D eigenvalue weighted by atomic mass is 16.5. The van der Waals surface area contributed by atoms with Gasteiger partial charge in [-0.05, 0) is 37.6 Å². The van der Waals surface area contributed by atoms with E-state index in [2.05, 4.69) is 5.16 Å². The van der Waals surface area contributed by atoms with Crippen molar-refractivity contribution in [3.05, 3.63) is 29.8 Å². The predicted molar refractivity (Wildman–Crippen MR) is 78.1 cm³/mol. The van der Waals surface area contributed by atoms with Gasteiger partial charge >= 0.3 is 0 Å². The number of carbonyl (C=O) groups excluding carboxylic acids is 1. The molecule has 0 aromatic heterocycles. The first-order valence-electron chi connectivity index (χ1n) is 6.37. The number of hydrogen-bond donors (Lipinski definition) is 2. The van der Waals surface area contributed by atoms with Gasteiger partial charge < -0.3 is 20.6 Å². The monoisotopic (exact) mass is 279 g/mol. The van der Waals surface area contributed by atoms with Crippen LogP contribution in [0.15, 0.2) is 29.4 Å². The van der Waals surface area contributed by atoms with Gasteiger partial charge in [0.1, 0.15) is 0 Å². The summed E-state index contributed by atoms with van der Waals surface area (Å²) in [6.45, 7) is 1.93. The van der Waals surface area contributed by atoms with Crippen LogP contribution in [0, 0.1) is 0 Å². The molecule has 0 radical (unpaired) electrons. The van der Waals surface area contributed by atoms with E-state index in [1.165, 1.54) is 0 Å². The average Bonchev–Trinajstić information content (AvgIpc) is 2.50. The van der Waals surface area contributed by atoms with Gasteiger partial charge in [0.2, 0.25) is 5.91 Å². The van der Waals surface area contributed by atoms with E-state index in [1.54, 1.807) is 43.3 Å². The standard InChI is InChI=1S/C14H21N3O3/c1-10(20-3)4-9-13(18)17(2)12-7-5-11(6-8-12)14(15)16-19/h5-8,10,19H,4,9H2,1-3H3,(H2,15,16). The summed E-state index contributed by atoms with van der Waals surface area (Å²) < 4.78 is 5.12. The second-order valence-corrected chi connectivity index (χ2v) is 4.57. The van der Waals surface area contributed by atoms with Gasteiger partial charge in [-0.2, -0.15) is 0 Å². The Morgan fingerprint density at radius 2 is 2.05 bits per heavy atom. The number of amides is 1. The lowest BCUT2D eigenvalue weighted by molar-refractivity contribution is -0.118. The number of benzene rings is 1. The van der Waals surface area contributed by atoms with Gasteiger partial charge in [-0.15, -0.1) is 0 Å². The lowest BCUT2D eigenvalue weighted by atomic mass is 10.1. The zero-order valence-corrected chi connectivity index (χ0v) is 12.0. The Labute approximate surface area is 118 Å². The summed E-state index contributed by atoms with van der Waals surface area (Å²) in [5.41, 5.74) is 6.84. The number of anilines is 1. The van der Waals surface area contributed by atoms with Crippen LogP contribution in [-0.2, 0) is 9.53 Å². The summed E-state index contributed by atoms with van der Waals surface area (Å²) in [5, 5.41) is 11.5. The quantitative estimate of drug-likeness (QED) is 0.358. The zero-order chi connectivity index (χ0) is 15.1. The number of methoxy groups -OCH3 is 1. The van der Waals surface area contributed by atoms with Crippen molar-refractivity contribution in [2.24, 2.45) is 10.9 Å². The summed E-state index contributed by atoms with van der Waals surface area (Å²) in [7, 11) is 3.35. The minimum absolute atomic E-state index is 0.0189. The number of amidine groups is 1. The molecule has 0 aliphatic carbocycles. The molecule has 0 saturated carbocycles. The largest absolute Gasteiger partial charge is 0.409 e. The maximum absolute atomic E-state index is 12.0. The van der Waals surface area contributed by atoms with Crippen LogP contribution < -0.4 is 10.6 Å².